The number of carbonyl (C=O) groups excluding carboxylic acids is 1. The van der Waals surface area contributed by atoms with Crippen LogP contribution >= 0.6 is 0 Å². The Morgan fingerprint density at radius 1 is 1.29 bits per heavy atom. The minimum Gasteiger partial charge on any atom is -0.379 e. The van der Waals surface area contributed by atoms with E-state index in [1.54, 1.807) is 0 Å². The Morgan fingerprint density at radius 3 is 3.00 bits per heavy atom. The van der Waals surface area contributed by atoms with Crippen LogP contribution in [-0.2, 0) is 4.74 Å². The van der Waals surface area contributed by atoms with Crippen LogP contribution in [0.4, 0.5) is 10.5 Å². The van der Waals surface area contributed by atoms with Crippen molar-refractivity contribution in [3.8, 4) is 0 Å². The molecule has 0 radical (unpaired) electrons. The van der Waals surface area contributed by atoms with Gasteiger partial charge in [0.15, 0.2) is 0 Å². The molecule has 2 aromatic rings. The predicted octanol–water partition coefficient (Wildman–Crippen LogP) is 1.62. The molecular formula is C15H20N4O2. The average molecular weight is 288 g/mol. The Bertz CT molecular complexity index is 604. The number of amides is 2. The molecule has 1 saturated heterocycles. The standard InChI is InChI=1S/C15H20N4O2/c20-15(17-6-7-19-8-10-21-11-9-19)18-14-3-1-2-13-12(14)4-5-16-13/h1-5,16H,6-11H2,(H2,17,18,20). The number of ether oxygens (including phenoxy) is 1. The molecule has 3 rings (SSSR count). The molecule has 112 valence electrons. The molecule has 1 aromatic carbocycles. The van der Waals surface area contributed by atoms with Gasteiger partial charge in [-0.05, 0) is 18.2 Å². The normalized spacial score (nSPS) is 16.0. The lowest BCUT2D eigenvalue weighted by Gasteiger charge is -2.26. The van der Waals surface area contributed by atoms with Crippen LogP contribution in [0.5, 0.6) is 0 Å². The van der Waals surface area contributed by atoms with E-state index in [-0.39, 0.29) is 6.03 Å². The van der Waals surface area contributed by atoms with Crippen LogP contribution in [0.1, 0.15) is 0 Å². The highest BCUT2D eigenvalue weighted by Crippen LogP contribution is 2.21. The van der Waals surface area contributed by atoms with E-state index in [4.69, 9.17) is 4.74 Å². The van der Waals surface area contributed by atoms with Gasteiger partial charge in [0.05, 0.1) is 18.9 Å². The Hall–Kier alpha value is -2.05. The number of aromatic amines is 1. The average Bonchev–Trinajstić information content (AvgIpc) is 2.98. The van der Waals surface area contributed by atoms with Crippen molar-refractivity contribution in [3.63, 3.8) is 0 Å². The third-order valence-electron chi connectivity index (χ3n) is 3.66. The van der Waals surface area contributed by atoms with E-state index in [1.165, 1.54) is 0 Å². The van der Waals surface area contributed by atoms with E-state index < -0.39 is 0 Å². The predicted molar refractivity (Wildman–Crippen MR) is 82.6 cm³/mol. The summed E-state index contributed by atoms with van der Waals surface area (Å²) in [7, 11) is 0. The molecule has 1 aromatic heterocycles. The minimum absolute atomic E-state index is 0.169. The monoisotopic (exact) mass is 288 g/mol. The highest BCUT2D eigenvalue weighted by Gasteiger charge is 2.10. The number of anilines is 1. The Labute approximate surface area is 123 Å². The SMILES string of the molecule is O=C(NCCN1CCOCC1)Nc1cccc2[nH]ccc12. The minimum atomic E-state index is -0.169. The van der Waals surface area contributed by atoms with Crippen molar-refractivity contribution in [2.45, 2.75) is 0 Å². The molecule has 1 aliphatic heterocycles. The molecule has 0 spiro atoms. The maximum Gasteiger partial charge on any atom is 0.319 e. The molecule has 6 heteroatoms. The lowest BCUT2D eigenvalue weighted by atomic mass is 10.2. The number of nitrogens with zero attached hydrogens (tertiary/aromatic N) is 1. The highest BCUT2D eigenvalue weighted by molar-refractivity contribution is 6.00. The van der Waals surface area contributed by atoms with Gasteiger partial charge in [-0.25, -0.2) is 4.79 Å². The van der Waals surface area contributed by atoms with Crippen LogP contribution in [0, 0.1) is 0 Å². The van der Waals surface area contributed by atoms with Gasteiger partial charge >= 0.3 is 6.03 Å². The summed E-state index contributed by atoms with van der Waals surface area (Å²) in [5, 5.41) is 6.80. The summed E-state index contributed by atoms with van der Waals surface area (Å²) in [4.78, 5) is 17.4. The summed E-state index contributed by atoms with van der Waals surface area (Å²) in [5.74, 6) is 0. The maximum atomic E-state index is 11.9. The van der Waals surface area contributed by atoms with E-state index in [9.17, 15) is 4.79 Å². The van der Waals surface area contributed by atoms with Crippen LogP contribution in [0.15, 0.2) is 30.5 Å². The number of aromatic nitrogens is 1. The fourth-order valence-corrected chi connectivity index (χ4v) is 2.51. The Morgan fingerprint density at radius 2 is 2.14 bits per heavy atom. The number of hydrogen-bond donors (Lipinski definition) is 3. The van der Waals surface area contributed by atoms with Crippen molar-refractivity contribution in [2.24, 2.45) is 0 Å². The van der Waals surface area contributed by atoms with E-state index in [1.807, 2.05) is 30.5 Å². The zero-order valence-electron chi connectivity index (χ0n) is 11.9. The lowest BCUT2D eigenvalue weighted by Crippen LogP contribution is -2.42. The number of benzene rings is 1. The second-order valence-corrected chi connectivity index (χ2v) is 5.08. The van der Waals surface area contributed by atoms with Gasteiger partial charge < -0.3 is 20.4 Å². The maximum absolute atomic E-state index is 11.9. The molecule has 1 aliphatic rings. The van der Waals surface area contributed by atoms with Crippen LogP contribution in [0.3, 0.4) is 0 Å². The fourth-order valence-electron chi connectivity index (χ4n) is 2.51. The number of H-pyrrole nitrogens is 1. The summed E-state index contributed by atoms with van der Waals surface area (Å²) in [6.07, 6.45) is 1.87. The largest absolute Gasteiger partial charge is 0.379 e. The summed E-state index contributed by atoms with van der Waals surface area (Å²) >= 11 is 0. The number of urea groups is 1. The number of fused-ring (bicyclic) bond motifs is 1. The first-order valence-electron chi connectivity index (χ1n) is 7.24. The number of carbonyl (C=O) groups is 1. The van der Waals surface area contributed by atoms with Crippen molar-refractivity contribution in [3.05, 3.63) is 30.5 Å². The second-order valence-electron chi connectivity index (χ2n) is 5.08. The van der Waals surface area contributed by atoms with Gasteiger partial charge in [-0.1, -0.05) is 6.07 Å². The lowest BCUT2D eigenvalue weighted by molar-refractivity contribution is 0.0388. The molecule has 2 heterocycles. The Balaban J connectivity index is 1.48. The summed E-state index contributed by atoms with van der Waals surface area (Å²) in [6, 6.07) is 7.59. The van der Waals surface area contributed by atoms with Crippen LogP contribution < -0.4 is 10.6 Å². The smallest absolute Gasteiger partial charge is 0.319 e. The van der Waals surface area contributed by atoms with E-state index in [0.29, 0.717) is 6.54 Å². The third kappa shape index (κ3) is 3.53. The van der Waals surface area contributed by atoms with Crippen LogP contribution in [0.2, 0.25) is 0 Å². The van der Waals surface area contributed by atoms with Crippen molar-refractivity contribution < 1.29 is 9.53 Å². The van der Waals surface area contributed by atoms with E-state index in [2.05, 4.69) is 20.5 Å². The van der Waals surface area contributed by atoms with Gasteiger partial charge in [0, 0.05) is 43.3 Å². The molecular weight excluding hydrogens is 268 g/mol. The number of nitrogens with one attached hydrogen (secondary N) is 3. The van der Waals surface area contributed by atoms with Crippen molar-refractivity contribution in [1.29, 1.82) is 0 Å². The van der Waals surface area contributed by atoms with Crippen molar-refractivity contribution in [2.75, 3.05) is 44.7 Å². The first-order valence-corrected chi connectivity index (χ1v) is 7.24. The molecule has 0 aliphatic carbocycles. The number of rotatable bonds is 4. The van der Waals surface area contributed by atoms with Crippen molar-refractivity contribution >= 4 is 22.6 Å². The van der Waals surface area contributed by atoms with Gasteiger partial charge in [0.1, 0.15) is 0 Å². The molecule has 3 N–H and O–H groups in total. The zero-order chi connectivity index (χ0) is 14.5. The molecule has 2 amide bonds. The summed E-state index contributed by atoms with van der Waals surface area (Å²) in [5.41, 5.74) is 1.83. The van der Waals surface area contributed by atoms with Crippen LogP contribution in [0.25, 0.3) is 10.9 Å². The van der Waals surface area contributed by atoms with Crippen molar-refractivity contribution in [1.82, 2.24) is 15.2 Å². The number of morpholine rings is 1. The van der Waals surface area contributed by atoms with Gasteiger partial charge in [-0.2, -0.15) is 0 Å². The molecule has 0 bridgehead atoms. The second kappa shape index (κ2) is 6.60. The molecule has 0 atom stereocenters. The van der Waals surface area contributed by atoms with E-state index in [0.717, 1.165) is 49.4 Å². The van der Waals surface area contributed by atoms with Gasteiger partial charge in [0.25, 0.3) is 0 Å². The molecule has 0 saturated carbocycles. The fraction of sp³-hybridized carbons (Fsp3) is 0.400. The van der Waals surface area contributed by atoms with Crippen LogP contribution in [-0.4, -0.2) is 55.3 Å². The first-order chi connectivity index (χ1) is 10.3. The molecule has 1 fully saturated rings. The van der Waals surface area contributed by atoms with E-state index >= 15 is 0 Å². The highest BCUT2D eigenvalue weighted by atomic mass is 16.5. The third-order valence-corrected chi connectivity index (χ3v) is 3.66. The Kier molecular flexibility index (Phi) is 4.37. The van der Waals surface area contributed by atoms with Gasteiger partial charge in [0.2, 0.25) is 0 Å². The molecule has 6 nitrogen and oxygen atoms in total. The summed E-state index contributed by atoms with van der Waals surface area (Å²) < 4.78 is 5.30. The summed E-state index contributed by atoms with van der Waals surface area (Å²) in [6.45, 7) is 4.92. The molecule has 21 heavy (non-hydrogen) atoms. The molecule has 0 unspecified atom stereocenters. The topological polar surface area (TPSA) is 69.4 Å². The zero-order valence-corrected chi connectivity index (χ0v) is 11.9. The quantitative estimate of drug-likeness (QED) is 0.801. The first kappa shape index (κ1) is 13.9. The van der Waals surface area contributed by atoms with Gasteiger partial charge in [-0.15, -0.1) is 0 Å². The van der Waals surface area contributed by atoms with Gasteiger partial charge in [-0.3, -0.25) is 4.90 Å². The number of hydrogen-bond acceptors (Lipinski definition) is 3.